The number of aryl methyl sites for hydroxylation is 1. The molecule has 0 bridgehead atoms. The number of hydrogen-bond donors (Lipinski definition) is 0. The molecular formula is C26H27N5O2S. The van der Waals surface area contributed by atoms with Crippen molar-refractivity contribution in [2.24, 2.45) is 0 Å². The Kier molecular flexibility index (Phi) is 6.60. The lowest BCUT2D eigenvalue weighted by Gasteiger charge is -2.14. The van der Waals surface area contributed by atoms with E-state index in [0.29, 0.717) is 5.16 Å². The summed E-state index contributed by atoms with van der Waals surface area (Å²) in [6.07, 6.45) is 5.89. The zero-order chi connectivity index (χ0) is 23.5. The smallest absolute Gasteiger partial charge is 0.196 e. The number of aromatic nitrogens is 5. The van der Waals surface area contributed by atoms with Gasteiger partial charge in [-0.15, -0.1) is 10.2 Å². The minimum Gasteiger partial charge on any atom is -0.376 e. The molecule has 0 unspecified atom stereocenters. The molecule has 1 saturated heterocycles. The molecule has 1 aliphatic heterocycles. The van der Waals surface area contributed by atoms with Gasteiger partial charge in [-0.2, -0.15) is 0 Å². The SMILES string of the molecule is Cc1cc(C(=O)CSc2nnc(-c3ccncc3)n2-c2ccccc2)c(C)n1C[C@@H]1CCCO1. The average molecular weight is 474 g/mol. The minimum absolute atomic E-state index is 0.0877. The second-order valence-electron chi connectivity index (χ2n) is 8.46. The van der Waals surface area contributed by atoms with Crippen LogP contribution in [0.2, 0.25) is 0 Å². The van der Waals surface area contributed by atoms with Crippen molar-refractivity contribution in [3.63, 3.8) is 0 Å². The fourth-order valence-electron chi connectivity index (χ4n) is 4.43. The summed E-state index contributed by atoms with van der Waals surface area (Å²) in [5.74, 6) is 1.09. The number of hydrogen-bond acceptors (Lipinski definition) is 6. The van der Waals surface area contributed by atoms with Crippen molar-refractivity contribution in [2.45, 2.75) is 44.5 Å². The predicted octanol–water partition coefficient (Wildman–Crippen LogP) is 4.90. The van der Waals surface area contributed by atoms with E-state index in [9.17, 15) is 4.79 Å². The lowest BCUT2D eigenvalue weighted by molar-refractivity contribution is 0.0957. The van der Waals surface area contributed by atoms with E-state index in [-0.39, 0.29) is 17.6 Å². The van der Waals surface area contributed by atoms with Gasteiger partial charge in [-0.25, -0.2) is 0 Å². The van der Waals surface area contributed by atoms with Crippen molar-refractivity contribution in [3.05, 3.63) is 77.9 Å². The summed E-state index contributed by atoms with van der Waals surface area (Å²) in [7, 11) is 0. The largest absolute Gasteiger partial charge is 0.376 e. The topological polar surface area (TPSA) is 74.8 Å². The quantitative estimate of drug-likeness (QED) is 0.268. The second-order valence-corrected chi connectivity index (χ2v) is 9.40. The molecule has 0 radical (unpaired) electrons. The van der Waals surface area contributed by atoms with Crippen LogP contribution in [0.1, 0.15) is 34.6 Å². The number of ether oxygens (including phenoxy) is 1. The summed E-state index contributed by atoms with van der Waals surface area (Å²) < 4.78 is 10.0. The predicted molar refractivity (Wildman–Crippen MR) is 133 cm³/mol. The standard InChI is InChI=1S/C26H27N5O2S/c1-18-15-23(19(2)30(18)16-22-9-6-14-33-22)24(32)17-34-26-29-28-25(20-10-12-27-13-11-20)31(26)21-7-4-3-5-8-21/h3-5,7-8,10-13,15,22H,6,9,14,16-17H2,1-2H3/t22-/m0/s1. The number of thioether (sulfide) groups is 1. The van der Waals surface area contributed by atoms with Gasteiger partial charge in [0.25, 0.3) is 0 Å². The van der Waals surface area contributed by atoms with Crippen molar-refractivity contribution < 1.29 is 9.53 Å². The van der Waals surface area contributed by atoms with Crippen LogP contribution < -0.4 is 0 Å². The highest BCUT2D eigenvalue weighted by Crippen LogP contribution is 2.29. The molecule has 0 aliphatic carbocycles. The Morgan fingerprint density at radius 3 is 2.65 bits per heavy atom. The average Bonchev–Trinajstić information content (AvgIpc) is 3.60. The monoisotopic (exact) mass is 473 g/mol. The molecule has 4 aromatic rings. The summed E-state index contributed by atoms with van der Waals surface area (Å²) in [6.45, 7) is 5.71. The molecule has 1 fully saturated rings. The third-order valence-corrected chi connectivity index (χ3v) is 7.13. The summed E-state index contributed by atoms with van der Waals surface area (Å²) in [5, 5.41) is 9.55. The van der Waals surface area contributed by atoms with E-state index in [2.05, 4.69) is 26.7 Å². The van der Waals surface area contributed by atoms with Crippen molar-refractivity contribution in [1.82, 2.24) is 24.3 Å². The summed E-state index contributed by atoms with van der Waals surface area (Å²) >= 11 is 1.41. The molecule has 0 amide bonds. The summed E-state index contributed by atoms with van der Waals surface area (Å²) in [6, 6.07) is 15.8. The van der Waals surface area contributed by atoms with Gasteiger partial charge in [-0.1, -0.05) is 30.0 Å². The Hall–Kier alpha value is -3.23. The third kappa shape index (κ3) is 4.56. The van der Waals surface area contributed by atoms with Gasteiger partial charge in [0.1, 0.15) is 0 Å². The lowest BCUT2D eigenvalue weighted by Crippen LogP contribution is -2.17. The number of carbonyl (C=O) groups is 1. The van der Waals surface area contributed by atoms with Crippen molar-refractivity contribution in [2.75, 3.05) is 12.4 Å². The zero-order valence-electron chi connectivity index (χ0n) is 19.3. The molecule has 3 aromatic heterocycles. The third-order valence-electron chi connectivity index (χ3n) is 6.20. The van der Waals surface area contributed by atoms with E-state index in [1.54, 1.807) is 12.4 Å². The number of carbonyl (C=O) groups excluding carboxylic acids is 1. The molecule has 1 aliphatic rings. The van der Waals surface area contributed by atoms with Crippen LogP contribution in [0.5, 0.6) is 0 Å². The maximum atomic E-state index is 13.2. The zero-order valence-corrected chi connectivity index (χ0v) is 20.2. The fraction of sp³-hybridized carbons (Fsp3) is 0.308. The van der Waals surface area contributed by atoms with E-state index < -0.39 is 0 Å². The van der Waals surface area contributed by atoms with Gasteiger partial charge in [0, 0.05) is 53.7 Å². The number of benzene rings is 1. The highest BCUT2D eigenvalue weighted by molar-refractivity contribution is 7.99. The molecule has 5 rings (SSSR count). The van der Waals surface area contributed by atoms with Crippen LogP contribution in [0.3, 0.4) is 0 Å². The molecule has 1 atom stereocenters. The molecule has 0 saturated carbocycles. The number of Topliss-reactive ketones (excluding diaryl/α,β-unsaturated/α-hetero) is 1. The first-order valence-corrected chi connectivity index (χ1v) is 12.5. The van der Waals surface area contributed by atoms with Crippen LogP contribution in [0, 0.1) is 13.8 Å². The van der Waals surface area contributed by atoms with E-state index in [1.807, 2.05) is 60.0 Å². The Morgan fingerprint density at radius 2 is 1.91 bits per heavy atom. The van der Waals surface area contributed by atoms with E-state index >= 15 is 0 Å². The van der Waals surface area contributed by atoms with Crippen molar-refractivity contribution in [1.29, 1.82) is 0 Å². The Labute approximate surface area is 203 Å². The van der Waals surface area contributed by atoms with Crippen LogP contribution in [-0.2, 0) is 11.3 Å². The highest BCUT2D eigenvalue weighted by atomic mass is 32.2. The molecule has 0 N–H and O–H groups in total. The highest BCUT2D eigenvalue weighted by Gasteiger charge is 2.22. The maximum Gasteiger partial charge on any atom is 0.196 e. The first kappa shape index (κ1) is 22.6. The van der Waals surface area contributed by atoms with Gasteiger partial charge in [0.2, 0.25) is 0 Å². The van der Waals surface area contributed by atoms with Crippen LogP contribution >= 0.6 is 11.8 Å². The second kappa shape index (κ2) is 9.95. The molecule has 1 aromatic carbocycles. The van der Waals surface area contributed by atoms with E-state index in [0.717, 1.165) is 60.0 Å². The van der Waals surface area contributed by atoms with Crippen LogP contribution in [0.4, 0.5) is 0 Å². The first-order chi connectivity index (χ1) is 16.6. The Balaban J connectivity index is 1.38. The van der Waals surface area contributed by atoms with Gasteiger partial charge in [-0.05, 0) is 57.0 Å². The van der Waals surface area contributed by atoms with E-state index in [1.165, 1.54) is 11.8 Å². The molecule has 7 nitrogen and oxygen atoms in total. The van der Waals surface area contributed by atoms with Gasteiger partial charge >= 0.3 is 0 Å². The van der Waals surface area contributed by atoms with Gasteiger partial charge < -0.3 is 9.30 Å². The Bertz CT molecular complexity index is 1280. The van der Waals surface area contributed by atoms with E-state index in [4.69, 9.17) is 4.74 Å². The van der Waals surface area contributed by atoms with Crippen LogP contribution in [0.25, 0.3) is 17.1 Å². The first-order valence-electron chi connectivity index (χ1n) is 11.5. The van der Waals surface area contributed by atoms with Crippen molar-refractivity contribution in [3.8, 4) is 17.1 Å². The number of pyridine rings is 1. The fourth-order valence-corrected chi connectivity index (χ4v) is 5.26. The summed E-state index contributed by atoms with van der Waals surface area (Å²) in [4.78, 5) is 17.3. The molecule has 0 spiro atoms. The molecule has 34 heavy (non-hydrogen) atoms. The number of para-hydroxylation sites is 1. The number of nitrogens with zero attached hydrogens (tertiary/aromatic N) is 5. The van der Waals surface area contributed by atoms with Gasteiger partial charge in [-0.3, -0.25) is 14.3 Å². The normalized spacial score (nSPS) is 15.6. The molecule has 174 valence electrons. The Morgan fingerprint density at radius 1 is 1.12 bits per heavy atom. The van der Waals surface area contributed by atoms with Gasteiger partial charge in [0.15, 0.2) is 16.8 Å². The van der Waals surface area contributed by atoms with Crippen molar-refractivity contribution >= 4 is 17.5 Å². The number of ketones is 1. The minimum atomic E-state index is 0.0877. The molecule has 4 heterocycles. The summed E-state index contributed by atoms with van der Waals surface area (Å²) in [5.41, 5.74) is 4.73. The molecule has 8 heteroatoms. The molecular weight excluding hydrogens is 446 g/mol. The van der Waals surface area contributed by atoms with Crippen LogP contribution in [0.15, 0.2) is 66.1 Å². The lowest BCUT2D eigenvalue weighted by atomic mass is 10.2. The van der Waals surface area contributed by atoms with Gasteiger partial charge in [0.05, 0.1) is 11.9 Å². The number of rotatable bonds is 8. The maximum absolute atomic E-state index is 13.2. The van der Waals surface area contributed by atoms with Crippen LogP contribution in [-0.4, -0.2) is 48.6 Å².